The van der Waals surface area contributed by atoms with Gasteiger partial charge in [0.25, 0.3) is 0 Å². The second-order valence-electron chi connectivity index (χ2n) is 7.49. The number of nitrogens with one attached hydrogen (secondary N) is 2. The Hall–Kier alpha value is -2.71. The molecule has 1 saturated heterocycles. The fourth-order valence-electron chi connectivity index (χ4n) is 3.28. The van der Waals surface area contributed by atoms with Gasteiger partial charge in [0.2, 0.25) is 17.8 Å². The summed E-state index contributed by atoms with van der Waals surface area (Å²) in [7, 11) is 3.76. The van der Waals surface area contributed by atoms with Gasteiger partial charge in [-0.05, 0) is 32.6 Å². The molecular formula is C17H24N8O. The summed E-state index contributed by atoms with van der Waals surface area (Å²) in [5, 5.41) is 10.5. The number of H-pyrrole nitrogens is 1. The van der Waals surface area contributed by atoms with Crippen LogP contribution < -0.4 is 15.1 Å². The molecule has 0 bridgehead atoms. The number of hydrogen-bond donors (Lipinski definition) is 2. The Balaban J connectivity index is 1.65. The van der Waals surface area contributed by atoms with Crippen molar-refractivity contribution in [3.63, 3.8) is 0 Å². The number of carbonyl (C=O) groups is 1. The summed E-state index contributed by atoms with van der Waals surface area (Å²) >= 11 is 0. The van der Waals surface area contributed by atoms with E-state index < -0.39 is 5.54 Å². The molecule has 0 radical (unpaired) electrons. The molecule has 9 heteroatoms. The Labute approximate surface area is 152 Å². The molecule has 0 aromatic carbocycles. The Kier molecular flexibility index (Phi) is 4.01. The molecule has 2 fully saturated rings. The number of aromatic amines is 1. The maximum Gasteiger partial charge on any atom is 0.234 e. The van der Waals surface area contributed by atoms with Crippen molar-refractivity contribution in [1.29, 1.82) is 0 Å². The van der Waals surface area contributed by atoms with E-state index in [0.29, 0.717) is 23.8 Å². The van der Waals surface area contributed by atoms with Crippen molar-refractivity contribution in [2.75, 3.05) is 35.8 Å². The summed E-state index contributed by atoms with van der Waals surface area (Å²) in [4.78, 5) is 29.0. The Morgan fingerprint density at radius 2 is 2.15 bits per heavy atom. The van der Waals surface area contributed by atoms with Gasteiger partial charge in [0.1, 0.15) is 12.1 Å². The first kappa shape index (κ1) is 16.7. The van der Waals surface area contributed by atoms with Crippen molar-refractivity contribution in [2.24, 2.45) is 0 Å². The van der Waals surface area contributed by atoms with Gasteiger partial charge in [0.15, 0.2) is 0 Å². The van der Waals surface area contributed by atoms with E-state index in [1.54, 1.807) is 0 Å². The average molecular weight is 356 g/mol. The van der Waals surface area contributed by atoms with Crippen molar-refractivity contribution in [1.82, 2.24) is 25.1 Å². The highest BCUT2D eigenvalue weighted by Gasteiger charge is 2.38. The van der Waals surface area contributed by atoms with Crippen molar-refractivity contribution in [3.8, 4) is 0 Å². The minimum absolute atomic E-state index is 0.435. The van der Waals surface area contributed by atoms with Gasteiger partial charge in [-0.15, -0.1) is 0 Å². The zero-order valence-electron chi connectivity index (χ0n) is 15.4. The van der Waals surface area contributed by atoms with E-state index in [1.807, 2.05) is 36.9 Å². The van der Waals surface area contributed by atoms with E-state index in [1.165, 1.54) is 12.8 Å². The average Bonchev–Trinajstić information content (AvgIpc) is 3.25. The smallest absolute Gasteiger partial charge is 0.234 e. The highest BCUT2D eigenvalue weighted by Crippen LogP contribution is 2.39. The number of aromatic nitrogens is 5. The predicted octanol–water partition coefficient (Wildman–Crippen LogP) is 1.84. The number of nitrogens with zero attached hydrogens (tertiary/aromatic N) is 6. The maximum atomic E-state index is 11.6. The highest BCUT2D eigenvalue weighted by atomic mass is 16.1. The second-order valence-corrected chi connectivity index (χ2v) is 7.49. The molecule has 2 N–H and O–H groups in total. The normalized spacial score (nSPS) is 22.5. The molecule has 1 atom stereocenters. The first-order valence-corrected chi connectivity index (χ1v) is 8.98. The molecule has 2 aromatic rings. The lowest BCUT2D eigenvalue weighted by atomic mass is 10.0. The number of hydrogen-bond acceptors (Lipinski definition) is 8. The molecular weight excluding hydrogens is 332 g/mol. The quantitative estimate of drug-likeness (QED) is 0.756. The molecule has 0 amide bonds. The van der Waals surface area contributed by atoms with E-state index in [4.69, 9.17) is 0 Å². The molecule has 0 unspecified atom stereocenters. The summed E-state index contributed by atoms with van der Waals surface area (Å²) in [6.07, 6.45) is 5.12. The van der Waals surface area contributed by atoms with Gasteiger partial charge < -0.3 is 19.9 Å². The largest absolute Gasteiger partial charge is 0.347 e. The van der Waals surface area contributed by atoms with Crippen LogP contribution in [0.4, 0.5) is 23.7 Å². The van der Waals surface area contributed by atoms with Gasteiger partial charge in [-0.2, -0.15) is 20.1 Å². The lowest BCUT2D eigenvalue weighted by Crippen LogP contribution is -2.43. The minimum Gasteiger partial charge on any atom is -0.347 e. The third-order valence-electron chi connectivity index (χ3n) is 5.03. The van der Waals surface area contributed by atoms with Gasteiger partial charge in [-0.3, -0.25) is 5.10 Å². The van der Waals surface area contributed by atoms with Crippen molar-refractivity contribution in [2.45, 2.75) is 44.1 Å². The lowest BCUT2D eigenvalue weighted by molar-refractivity contribution is -0.111. The summed E-state index contributed by atoms with van der Waals surface area (Å²) in [5.74, 6) is 2.82. The highest BCUT2D eigenvalue weighted by molar-refractivity contribution is 5.71. The summed E-state index contributed by atoms with van der Waals surface area (Å²) in [5.41, 5.74) is 0.498. The van der Waals surface area contributed by atoms with Crippen molar-refractivity contribution < 1.29 is 4.79 Å². The standard InChI is InChI=1S/C17H24N8O/c1-17(10-26)7-4-8-25(17)16-20-14(19-15(21-16)24(2)3)18-13-9-12(22-23-13)11-5-6-11/h9-11H,4-8H2,1-3H3,(H2,18,19,20,21,22,23)/t17-/m0/s1. The number of aldehydes is 1. The van der Waals surface area contributed by atoms with Crippen LogP contribution in [0, 0.1) is 0 Å². The molecule has 1 saturated carbocycles. The molecule has 3 heterocycles. The van der Waals surface area contributed by atoms with Gasteiger partial charge in [-0.1, -0.05) is 0 Å². The van der Waals surface area contributed by atoms with Crippen LogP contribution in [-0.2, 0) is 4.79 Å². The van der Waals surface area contributed by atoms with Crippen LogP contribution in [0.1, 0.15) is 44.2 Å². The second kappa shape index (κ2) is 6.22. The molecule has 1 aliphatic heterocycles. The topological polar surface area (TPSA) is 103 Å². The summed E-state index contributed by atoms with van der Waals surface area (Å²) in [6, 6.07) is 2.00. The van der Waals surface area contributed by atoms with E-state index in [2.05, 4.69) is 30.5 Å². The van der Waals surface area contributed by atoms with Gasteiger partial charge >= 0.3 is 0 Å². The van der Waals surface area contributed by atoms with Crippen LogP contribution in [0.15, 0.2) is 6.07 Å². The number of anilines is 4. The van der Waals surface area contributed by atoms with Crippen molar-refractivity contribution >= 4 is 29.9 Å². The molecule has 9 nitrogen and oxygen atoms in total. The van der Waals surface area contributed by atoms with Crippen LogP contribution in [0.25, 0.3) is 0 Å². The molecule has 2 aliphatic rings. The van der Waals surface area contributed by atoms with E-state index in [0.717, 1.165) is 37.2 Å². The molecule has 0 spiro atoms. The summed E-state index contributed by atoms with van der Waals surface area (Å²) < 4.78 is 0. The molecule has 138 valence electrons. The zero-order chi connectivity index (χ0) is 18.3. The molecule has 26 heavy (non-hydrogen) atoms. The monoisotopic (exact) mass is 356 g/mol. The third kappa shape index (κ3) is 3.09. The molecule has 4 rings (SSSR count). The van der Waals surface area contributed by atoms with E-state index in [-0.39, 0.29) is 0 Å². The van der Waals surface area contributed by atoms with E-state index >= 15 is 0 Å². The minimum atomic E-state index is -0.574. The third-order valence-corrected chi connectivity index (χ3v) is 5.03. The molecule has 1 aliphatic carbocycles. The van der Waals surface area contributed by atoms with Gasteiger partial charge in [0, 0.05) is 32.6 Å². The Bertz CT molecular complexity index is 815. The predicted molar refractivity (Wildman–Crippen MR) is 99.0 cm³/mol. The zero-order valence-corrected chi connectivity index (χ0v) is 15.4. The van der Waals surface area contributed by atoms with Gasteiger partial charge in [0.05, 0.1) is 11.2 Å². The number of rotatable bonds is 6. The SMILES string of the molecule is CN(C)c1nc(Nc2cc(C3CC3)n[nH]2)nc(N2CCC[C@@]2(C)C=O)n1. The fraction of sp³-hybridized carbons (Fsp3) is 0.588. The first-order chi connectivity index (χ1) is 12.5. The van der Waals surface area contributed by atoms with Crippen LogP contribution in [0.2, 0.25) is 0 Å². The Morgan fingerprint density at radius 3 is 2.85 bits per heavy atom. The van der Waals surface area contributed by atoms with Crippen LogP contribution >= 0.6 is 0 Å². The molecule has 2 aromatic heterocycles. The first-order valence-electron chi connectivity index (χ1n) is 8.98. The fourth-order valence-corrected chi connectivity index (χ4v) is 3.28. The van der Waals surface area contributed by atoms with Crippen LogP contribution in [-0.4, -0.2) is 57.6 Å². The van der Waals surface area contributed by atoms with Gasteiger partial charge in [-0.25, -0.2) is 0 Å². The van der Waals surface area contributed by atoms with Crippen LogP contribution in [0.3, 0.4) is 0 Å². The van der Waals surface area contributed by atoms with Crippen LogP contribution in [0.5, 0.6) is 0 Å². The summed E-state index contributed by atoms with van der Waals surface area (Å²) in [6.45, 7) is 2.68. The lowest BCUT2D eigenvalue weighted by Gasteiger charge is -2.30. The van der Waals surface area contributed by atoms with E-state index in [9.17, 15) is 4.79 Å². The number of carbonyl (C=O) groups excluding carboxylic acids is 1. The Morgan fingerprint density at radius 1 is 1.35 bits per heavy atom. The maximum absolute atomic E-state index is 11.6. The van der Waals surface area contributed by atoms with Crippen molar-refractivity contribution in [3.05, 3.63) is 11.8 Å².